The van der Waals surface area contributed by atoms with Crippen LogP contribution in [0.4, 0.5) is 10.6 Å². The van der Waals surface area contributed by atoms with Gasteiger partial charge in [0.25, 0.3) is 0 Å². The van der Waals surface area contributed by atoms with Crippen molar-refractivity contribution in [2.75, 3.05) is 12.0 Å². The number of primary amides is 1. The normalized spacial score (nSPS) is 21.4. The maximum absolute atomic E-state index is 12.9. The molecule has 4 aromatic rings. The summed E-state index contributed by atoms with van der Waals surface area (Å²) in [5.74, 6) is -0.140. The molecule has 190 valence electrons. The number of anilines is 1. The van der Waals surface area contributed by atoms with Crippen LogP contribution < -0.4 is 11.5 Å². The lowest BCUT2D eigenvalue weighted by molar-refractivity contribution is 0.144. The molecule has 3 atom stereocenters. The molecule has 37 heavy (non-hydrogen) atoms. The van der Waals surface area contributed by atoms with E-state index >= 15 is 0 Å². The number of pyridine rings is 1. The summed E-state index contributed by atoms with van der Waals surface area (Å²) < 4.78 is 27.2. The fraction of sp³-hybridized carbons (Fsp3) is 0.308. The van der Waals surface area contributed by atoms with Gasteiger partial charge in [0.1, 0.15) is 10.7 Å². The zero-order chi connectivity index (χ0) is 25.9. The molecule has 10 nitrogen and oxygen atoms in total. The summed E-state index contributed by atoms with van der Waals surface area (Å²) in [7, 11) is -3.71. The minimum absolute atomic E-state index is 0.00382. The second-order valence-corrected chi connectivity index (χ2v) is 11.8. The lowest BCUT2D eigenvalue weighted by Crippen LogP contribution is -2.48. The van der Waals surface area contributed by atoms with Crippen LogP contribution in [0, 0.1) is 0 Å². The van der Waals surface area contributed by atoms with Crippen molar-refractivity contribution in [2.24, 2.45) is 5.73 Å². The minimum atomic E-state index is -3.71. The first-order valence-electron chi connectivity index (χ1n) is 12.2. The van der Waals surface area contributed by atoms with E-state index in [1.807, 2.05) is 42.5 Å². The van der Waals surface area contributed by atoms with Crippen LogP contribution in [0.5, 0.6) is 0 Å². The van der Waals surface area contributed by atoms with Gasteiger partial charge in [-0.1, -0.05) is 36.4 Å². The first-order valence-corrected chi connectivity index (χ1v) is 14.1. The number of carbonyl (C=O) groups is 1. The molecule has 3 aromatic heterocycles. The molecule has 0 spiro atoms. The number of hydrogen-bond donors (Lipinski definition) is 2. The quantitative estimate of drug-likeness (QED) is 0.422. The van der Waals surface area contributed by atoms with Crippen molar-refractivity contribution in [2.45, 2.75) is 48.6 Å². The van der Waals surface area contributed by atoms with Gasteiger partial charge >= 0.3 is 6.03 Å². The lowest BCUT2D eigenvalue weighted by atomic mass is 9.88. The van der Waals surface area contributed by atoms with Crippen LogP contribution in [0.3, 0.4) is 0 Å². The molecular weight excluding hydrogens is 490 g/mol. The zero-order valence-corrected chi connectivity index (χ0v) is 21.1. The van der Waals surface area contributed by atoms with Crippen LogP contribution in [-0.4, -0.2) is 57.3 Å². The number of hydrogen-bond acceptors (Lipinski definition) is 7. The highest BCUT2D eigenvalue weighted by Crippen LogP contribution is 2.45. The van der Waals surface area contributed by atoms with Gasteiger partial charge in [-0.15, -0.1) is 0 Å². The Morgan fingerprint density at radius 1 is 1.00 bits per heavy atom. The number of benzene rings is 1. The van der Waals surface area contributed by atoms with Gasteiger partial charge in [-0.05, 0) is 31.7 Å². The average Bonchev–Trinajstić information content (AvgIpc) is 3.42. The number of nitrogen functional groups attached to an aromatic ring is 1. The molecule has 0 radical (unpaired) electrons. The number of sulfone groups is 1. The van der Waals surface area contributed by atoms with Crippen molar-refractivity contribution in [1.29, 1.82) is 0 Å². The van der Waals surface area contributed by atoms with Gasteiger partial charge in [0.15, 0.2) is 15.5 Å². The molecule has 2 unspecified atom stereocenters. The van der Waals surface area contributed by atoms with Crippen molar-refractivity contribution < 1.29 is 13.2 Å². The third kappa shape index (κ3) is 3.90. The van der Waals surface area contributed by atoms with Crippen LogP contribution in [0.2, 0.25) is 0 Å². The van der Waals surface area contributed by atoms with Crippen LogP contribution in [0.15, 0.2) is 59.8 Å². The van der Waals surface area contributed by atoms with E-state index in [4.69, 9.17) is 16.5 Å². The summed E-state index contributed by atoms with van der Waals surface area (Å²) >= 11 is 0. The molecule has 2 fully saturated rings. The second kappa shape index (κ2) is 8.55. The number of carbonyl (C=O) groups excluding carboxylic acids is 1. The minimum Gasteiger partial charge on any atom is -0.382 e. The van der Waals surface area contributed by atoms with Gasteiger partial charge in [0.05, 0.1) is 17.6 Å². The summed E-state index contributed by atoms with van der Waals surface area (Å²) in [5.41, 5.74) is 16.3. The zero-order valence-electron chi connectivity index (χ0n) is 20.3. The second-order valence-electron chi connectivity index (χ2n) is 9.87. The Kier molecular flexibility index (Phi) is 5.41. The third-order valence-corrected chi connectivity index (χ3v) is 8.71. The number of rotatable bonds is 4. The van der Waals surface area contributed by atoms with Gasteiger partial charge in [0, 0.05) is 47.1 Å². The van der Waals surface area contributed by atoms with E-state index in [1.54, 1.807) is 17.3 Å². The largest absolute Gasteiger partial charge is 0.382 e. The van der Waals surface area contributed by atoms with Crippen LogP contribution >= 0.6 is 0 Å². The number of urea groups is 1. The highest BCUT2D eigenvalue weighted by atomic mass is 32.2. The number of fused-ring (bicyclic) bond motifs is 3. The molecular formula is C26H27N7O3S. The molecule has 11 heteroatoms. The van der Waals surface area contributed by atoms with Gasteiger partial charge in [0.2, 0.25) is 0 Å². The number of amides is 2. The molecule has 0 aliphatic carbocycles. The Labute approximate surface area is 214 Å². The SMILES string of the molecule is CS(=O)(=O)c1c(C2CC3CC[C@H](C2)N3C(N)=O)nc2c(-c3ccc(-c4ccccc4)nc3)cnn2c1N. The highest BCUT2D eigenvalue weighted by Gasteiger charge is 2.44. The van der Waals surface area contributed by atoms with E-state index in [1.165, 1.54) is 4.52 Å². The predicted molar refractivity (Wildman–Crippen MR) is 139 cm³/mol. The number of nitrogens with zero attached hydrogens (tertiary/aromatic N) is 5. The fourth-order valence-electron chi connectivity index (χ4n) is 5.97. The van der Waals surface area contributed by atoms with Crippen LogP contribution in [-0.2, 0) is 9.84 Å². The van der Waals surface area contributed by atoms with Gasteiger partial charge in [-0.2, -0.15) is 9.61 Å². The van der Waals surface area contributed by atoms with E-state index in [9.17, 15) is 13.2 Å². The molecule has 0 saturated carbocycles. The van der Waals surface area contributed by atoms with Crippen LogP contribution in [0.1, 0.15) is 37.3 Å². The van der Waals surface area contributed by atoms with E-state index < -0.39 is 15.9 Å². The molecule has 2 amide bonds. The Bertz CT molecular complexity index is 1600. The fourth-order valence-corrected chi connectivity index (χ4v) is 7.03. The topological polar surface area (TPSA) is 150 Å². The van der Waals surface area contributed by atoms with Gasteiger partial charge in [-0.25, -0.2) is 18.2 Å². The number of piperidine rings is 1. The Morgan fingerprint density at radius 3 is 2.30 bits per heavy atom. The van der Waals surface area contributed by atoms with Crippen molar-refractivity contribution >= 4 is 27.3 Å². The maximum Gasteiger partial charge on any atom is 0.315 e. The molecule has 1 aromatic carbocycles. The summed E-state index contributed by atoms with van der Waals surface area (Å²) in [6.07, 6.45) is 7.38. The van der Waals surface area contributed by atoms with E-state index in [-0.39, 0.29) is 28.7 Å². The molecule has 5 heterocycles. The molecule has 4 N–H and O–H groups in total. The van der Waals surface area contributed by atoms with Gasteiger partial charge < -0.3 is 16.4 Å². The Balaban J connectivity index is 1.46. The van der Waals surface area contributed by atoms with Crippen molar-refractivity contribution in [3.05, 3.63) is 60.6 Å². The smallest absolute Gasteiger partial charge is 0.315 e. The molecule has 2 saturated heterocycles. The number of aromatic nitrogens is 4. The van der Waals surface area contributed by atoms with Gasteiger partial charge in [-0.3, -0.25) is 4.98 Å². The lowest BCUT2D eigenvalue weighted by Gasteiger charge is -2.38. The number of nitrogens with two attached hydrogens (primary N) is 2. The van der Waals surface area contributed by atoms with Crippen molar-refractivity contribution in [1.82, 2.24) is 24.5 Å². The molecule has 2 aliphatic heterocycles. The predicted octanol–water partition coefficient (Wildman–Crippen LogP) is 3.23. The summed E-state index contributed by atoms with van der Waals surface area (Å²) in [5, 5.41) is 4.38. The highest BCUT2D eigenvalue weighted by molar-refractivity contribution is 7.91. The standard InChI is InChI=1S/C26H27N7O3S/c1-37(35,36)23-22(17-11-18-8-9-19(12-17)32(18)26(28)34)31-25-20(14-30-33(25)24(23)27)16-7-10-21(29-13-16)15-5-3-2-4-6-15/h2-7,10,13-14,17-19H,8-9,11-12,27H2,1H3,(H2,28,34)/t17?,18-,19?/m1/s1. The van der Waals surface area contributed by atoms with E-state index in [2.05, 4.69) is 10.1 Å². The molecule has 2 bridgehead atoms. The summed E-state index contributed by atoms with van der Waals surface area (Å²) in [6, 6.07) is 13.2. The summed E-state index contributed by atoms with van der Waals surface area (Å²) in [6.45, 7) is 0. The Morgan fingerprint density at radius 2 is 1.70 bits per heavy atom. The Hall–Kier alpha value is -3.99. The average molecular weight is 518 g/mol. The van der Waals surface area contributed by atoms with E-state index in [0.29, 0.717) is 29.7 Å². The molecule has 6 rings (SSSR count). The first-order chi connectivity index (χ1) is 17.7. The van der Waals surface area contributed by atoms with Crippen molar-refractivity contribution in [3.63, 3.8) is 0 Å². The molecule has 2 aliphatic rings. The summed E-state index contributed by atoms with van der Waals surface area (Å²) in [4.78, 5) is 23.2. The van der Waals surface area contributed by atoms with Crippen molar-refractivity contribution in [3.8, 4) is 22.4 Å². The van der Waals surface area contributed by atoms with Crippen LogP contribution in [0.25, 0.3) is 28.0 Å². The third-order valence-electron chi connectivity index (χ3n) is 7.55. The van der Waals surface area contributed by atoms with E-state index in [0.717, 1.165) is 35.9 Å². The monoisotopic (exact) mass is 517 g/mol. The first kappa shape index (κ1) is 23.4. The maximum atomic E-state index is 12.9.